The number of nitrogens with two attached hydrogens (primary N) is 1. The Morgan fingerprint density at radius 2 is 2.29 bits per heavy atom. The van der Waals surface area contributed by atoms with Crippen LogP contribution in [-0.2, 0) is 24.2 Å². The van der Waals surface area contributed by atoms with Gasteiger partial charge in [0.05, 0.1) is 13.2 Å². The van der Waals surface area contributed by atoms with E-state index in [0.717, 1.165) is 26.1 Å². The molecule has 1 unspecified atom stereocenters. The van der Waals surface area contributed by atoms with Crippen LogP contribution in [0.2, 0.25) is 0 Å². The van der Waals surface area contributed by atoms with Gasteiger partial charge >= 0.3 is 0 Å². The fraction of sp³-hybridized carbons (Fsp3) is 0.500. The number of rotatable bonds is 2. The van der Waals surface area contributed by atoms with Crippen molar-refractivity contribution in [2.75, 3.05) is 6.61 Å². The van der Waals surface area contributed by atoms with E-state index in [-0.39, 0.29) is 6.04 Å². The fourth-order valence-corrected chi connectivity index (χ4v) is 1.92. The largest absolute Gasteiger partial charge is 0.376 e. The quantitative estimate of drug-likeness (QED) is 0.771. The minimum Gasteiger partial charge on any atom is -0.376 e. The lowest BCUT2D eigenvalue weighted by atomic mass is 9.98. The lowest BCUT2D eigenvalue weighted by molar-refractivity contribution is 0.110. The zero-order valence-electron chi connectivity index (χ0n) is 8.62. The molecule has 2 heteroatoms. The Hall–Kier alpha value is -0.860. The Labute approximate surface area is 85.1 Å². The molecule has 2 N–H and O–H groups in total. The molecule has 0 saturated heterocycles. The molecule has 14 heavy (non-hydrogen) atoms. The van der Waals surface area contributed by atoms with Gasteiger partial charge in [0, 0.05) is 6.04 Å². The molecule has 0 fully saturated rings. The molecule has 0 amide bonds. The molecule has 1 aliphatic rings. The summed E-state index contributed by atoms with van der Waals surface area (Å²) in [5.74, 6) is 0. The van der Waals surface area contributed by atoms with Crippen LogP contribution in [0.15, 0.2) is 18.2 Å². The van der Waals surface area contributed by atoms with Crippen molar-refractivity contribution in [1.29, 1.82) is 0 Å². The van der Waals surface area contributed by atoms with Crippen LogP contribution in [0.4, 0.5) is 0 Å². The number of hydrogen-bond donors (Lipinski definition) is 1. The smallest absolute Gasteiger partial charge is 0.0719 e. The van der Waals surface area contributed by atoms with E-state index in [0.29, 0.717) is 0 Å². The van der Waals surface area contributed by atoms with Gasteiger partial charge in [-0.3, -0.25) is 0 Å². The Bertz CT molecular complexity index is 320. The summed E-state index contributed by atoms with van der Waals surface area (Å²) in [7, 11) is 0. The maximum absolute atomic E-state index is 5.78. The van der Waals surface area contributed by atoms with E-state index in [4.69, 9.17) is 10.5 Å². The lowest BCUT2D eigenvalue weighted by Crippen LogP contribution is -2.18. The third-order valence-electron chi connectivity index (χ3n) is 2.60. The highest BCUT2D eigenvalue weighted by Crippen LogP contribution is 2.18. The molecule has 0 aromatic heterocycles. The van der Waals surface area contributed by atoms with Gasteiger partial charge in [-0.25, -0.2) is 0 Å². The zero-order valence-corrected chi connectivity index (χ0v) is 8.62. The third-order valence-corrected chi connectivity index (χ3v) is 2.60. The standard InChI is InChI=1S/C12H17NO/c1-9(13)6-10-2-3-12-8-14-5-4-11(12)7-10/h2-3,7,9H,4-6,8,13H2,1H3. The summed E-state index contributed by atoms with van der Waals surface area (Å²) in [6.45, 7) is 3.67. The first-order valence-electron chi connectivity index (χ1n) is 5.19. The van der Waals surface area contributed by atoms with Crippen molar-refractivity contribution in [3.05, 3.63) is 34.9 Å². The maximum atomic E-state index is 5.78. The minimum absolute atomic E-state index is 0.243. The van der Waals surface area contributed by atoms with Gasteiger partial charge in [-0.05, 0) is 36.5 Å². The summed E-state index contributed by atoms with van der Waals surface area (Å²) in [5, 5.41) is 0. The molecule has 1 aromatic carbocycles. The van der Waals surface area contributed by atoms with Crippen LogP contribution >= 0.6 is 0 Å². The lowest BCUT2D eigenvalue weighted by Gasteiger charge is -2.17. The van der Waals surface area contributed by atoms with Crippen molar-refractivity contribution < 1.29 is 4.74 Å². The van der Waals surface area contributed by atoms with Crippen molar-refractivity contribution in [2.45, 2.75) is 32.4 Å². The van der Waals surface area contributed by atoms with Crippen LogP contribution in [0.1, 0.15) is 23.6 Å². The summed E-state index contributed by atoms with van der Waals surface area (Å²) >= 11 is 0. The van der Waals surface area contributed by atoms with Gasteiger partial charge in [-0.15, -0.1) is 0 Å². The monoisotopic (exact) mass is 191 g/mol. The highest BCUT2D eigenvalue weighted by Gasteiger charge is 2.09. The van der Waals surface area contributed by atoms with Gasteiger partial charge in [0.25, 0.3) is 0 Å². The van der Waals surface area contributed by atoms with Crippen molar-refractivity contribution in [3.8, 4) is 0 Å². The van der Waals surface area contributed by atoms with Crippen LogP contribution in [0.25, 0.3) is 0 Å². The van der Waals surface area contributed by atoms with Crippen LogP contribution in [-0.4, -0.2) is 12.6 Å². The van der Waals surface area contributed by atoms with Crippen LogP contribution in [0.5, 0.6) is 0 Å². The molecule has 1 aromatic rings. The Morgan fingerprint density at radius 1 is 1.43 bits per heavy atom. The van der Waals surface area contributed by atoms with E-state index in [1.54, 1.807) is 0 Å². The Morgan fingerprint density at radius 3 is 3.07 bits per heavy atom. The van der Waals surface area contributed by atoms with Gasteiger partial charge in [0.2, 0.25) is 0 Å². The topological polar surface area (TPSA) is 35.2 Å². The summed E-state index contributed by atoms with van der Waals surface area (Å²) in [6, 6.07) is 6.86. The van der Waals surface area contributed by atoms with E-state index in [1.165, 1.54) is 16.7 Å². The number of hydrogen-bond acceptors (Lipinski definition) is 2. The van der Waals surface area contributed by atoms with Crippen molar-refractivity contribution in [2.24, 2.45) is 5.73 Å². The highest BCUT2D eigenvalue weighted by molar-refractivity contribution is 5.33. The van der Waals surface area contributed by atoms with E-state index in [2.05, 4.69) is 18.2 Å². The summed E-state index contributed by atoms with van der Waals surface area (Å²) in [6.07, 6.45) is 2.01. The van der Waals surface area contributed by atoms with Crippen LogP contribution in [0.3, 0.4) is 0 Å². The minimum atomic E-state index is 0.243. The van der Waals surface area contributed by atoms with E-state index >= 15 is 0 Å². The average molecular weight is 191 g/mol. The van der Waals surface area contributed by atoms with Gasteiger partial charge in [0.15, 0.2) is 0 Å². The normalized spacial score (nSPS) is 17.6. The van der Waals surface area contributed by atoms with Crippen LogP contribution in [0, 0.1) is 0 Å². The molecule has 1 aliphatic heterocycles. The molecule has 0 bridgehead atoms. The predicted molar refractivity (Wildman–Crippen MR) is 57.2 cm³/mol. The first kappa shape index (κ1) is 9.69. The average Bonchev–Trinajstić information content (AvgIpc) is 2.17. The molecule has 0 saturated carbocycles. The highest BCUT2D eigenvalue weighted by atomic mass is 16.5. The number of fused-ring (bicyclic) bond motifs is 1. The first-order valence-corrected chi connectivity index (χ1v) is 5.19. The second kappa shape index (κ2) is 4.11. The third kappa shape index (κ3) is 2.14. The van der Waals surface area contributed by atoms with E-state index in [1.807, 2.05) is 6.92 Å². The molecular formula is C12H17NO. The number of ether oxygens (including phenoxy) is 1. The molecule has 1 atom stereocenters. The SMILES string of the molecule is CC(N)Cc1ccc2c(c1)CCOC2. The van der Waals surface area contributed by atoms with Gasteiger partial charge in [-0.1, -0.05) is 18.2 Å². The van der Waals surface area contributed by atoms with E-state index < -0.39 is 0 Å². The molecule has 2 rings (SSSR count). The van der Waals surface area contributed by atoms with E-state index in [9.17, 15) is 0 Å². The molecule has 0 spiro atoms. The van der Waals surface area contributed by atoms with Crippen molar-refractivity contribution in [3.63, 3.8) is 0 Å². The molecule has 0 radical (unpaired) electrons. The van der Waals surface area contributed by atoms with Crippen molar-refractivity contribution in [1.82, 2.24) is 0 Å². The molecule has 2 nitrogen and oxygen atoms in total. The van der Waals surface area contributed by atoms with Crippen molar-refractivity contribution >= 4 is 0 Å². The van der Waals surface area contributed by atoms with Gasteiger partial charge < -0.3 is 10.5 Å². The molecule has 1 heterocycles. The Balaban J connectivity index is 2.20. The summed E-state index contributed by atoms with van der Waals surface area (Å²) < 4.78 is 5.39. The maximum Gasteiger partial charge on any atom is 0.0719 e. The summed E-state index contributed by atoms with van der Waals surface area (Å²) in [4.78, 5) is 0. The second-order valence-electron chi connectivity index (χ2n) is 4.09. The second-order valence-corrected chi connectivity index (χ2v) is 4.09. The summed E-state index contributed by atoms with van der Waals surface area (Å²) in [5.41, 5.74) is 9.90. The molecular weight excluding hydrogens is 174 g/mol. The molecule has 0 aliphatic carbocycles. The zero-order chi connectivity index (χ0) is 9.97. The van der Waals surface area contributed by atoms with Crippen LogP contribution < -0.4 is 5.73 Å². The molecule has 76 valence electrons. The van der Waals surface area contributed by atoms with Gasteiger partial charge in [0.1, 0.15) is 0 Å². The van der Waals surface area contributed by atoms with Gasteiger partial charge in [-0.2, -0.15) is 0 Å². The fourth-order valence-electron chi connectivity index (χ4n) is 1.92. The predicted octanol–water partition coefficient (Wildman–Crippen LogP) is 1.65. The Kier molecular flexibility index (Phi) is 2.85. The first-order chi connectivity index (χ1) is 6.75. The number of benzene rings is 1.